The van der Waals surface area contributed by atoms with Gasteiger partial charge in [-0.25, -0.2) is 4.98 Å². The van der Waals surface area contributed by atoms with Gasteiger partial charge in [0, 0.05) is 53.6 Å². The SMILES string of the molecule is c1ccc(-c2nc3c(o2)-c2cc(N(c4ccccc4)c4cccc5sc6ccccc6c45)cc4cccc-3c24)cc1. The van der Waals surface area contributed by atoms with Gasteiger partial charge in [-0.1, -0.05) is 78.9 Å². The minimum Gasteiger partial charge on any atom is -0.435 e. The maximum absolute atomic E-state index is 6.52. The van der Waals surface area contributed by atoms with E-state index in [9.17, 15) is 0 Å². The highest BCUT2D eigenvalue weighted by Gasteiger charge is 2.30. The zero-order chi connectivity index (χ0) is 26.9. The fourth-order valence-corrected chi connectivity index (χ4v) is 7.38. The van der Waals surface area contributed by atoms with E-state index in [1.807, 2.05) is 41.7 Å². The lowest BCUT2D eigenvalue weighted by atomic mass is 10.0. The number of hydrogen-bond donors (Lipinski definition) is 0. The molecule has 3 nitrogen and oxygen atoms in total. The first-order valence-electron chi connectivity index (χ1n) is 13.7. The Labute approximate surface area is 240 Å². The highest BCUT2D eigenvalue weighted by atomic mass is 32.1. The summed E-state index contributed by atoms with van der Waals surface area (Å²) in [5, 5.41) is 4.92. The second-order valence-electron chi connectivity index (χ2n) is 10.4. The van der Waals surface area contributed by atoms with Crippen molar-refractivity contribution in [3.63, 3.8) is 0 Å². The van der Waals surface area contributed by atoms with E-state index in [0.29, 0.717) is 5.89 Å². The molecule has 41 heavy (non-hydrogen) atoms. The summed E-state index contributed by atoms with van der Waals surface area (Å²) in [4.78, 5) is 7.37. The molecule has 0 saturated heterocycles. The Morgan fingerprint density at radius 1 is 0.585 bits per heavy atom. The van der Waals surface area contributed by atoms with E-state index in [4.69, 9.17) is 9.40 Å². The Kier molecular flexibility index (Phi) is 4.77. The molecule has 0 saturated carbocycles. The van der Waals surface area contributed by atoms with Crippen LogP contribution in [0.25, 0.3) is 65.0 Å². The van der Waals surface area contributed by atoms with Crippen LogP contribution < -0.4 is 4.90 Å². The zero-order valence-corrected chi connectivity index (χ0v) is 22.7. The van der Waals surface area contributed by atoms with Crippen molar-refractivity contribution in [2.45, 2.75) is 0 Å². The van der Waals surface area contributed by atoms with Crippen molar-refractivity contribution in [2.75, 3.05) is 4.90 Å². The minimum absolute atomic E-state index is 0.651. The summed E-state index contributed by atoms with van der Waals surface area (Å²) in [6, 6.07) is 47.2. The van der Waals surface area contributed by atoms with Crippen molar-refractivity contribution in [1.29, 1.82) is 0 Å². The van der Waals surface area contributed by atoms with Crippen LogP contribution in [0.3, 0.4) is 0 Å². The number of fused-ring (bicyclic) bond motifs is 6. The summed E-state index contributed by atoms with van der Waals surface area (Å²) in [6.07, 6.45) is 0. The molecule has 4 heteroatoms. The van der Waals surface area contributed by atoms with Crippen molar-refractivity contribution in [3.8, 4) is 34.0 Å². The third-order valence-corrected chi connectivity index (χ3v) is 9.14. The molecule has 0 spiro atoms. The van der Waals surface area contributed by atoms with Crippen LogP contribution in [0.2, 0.25) is 0 Å². The van der Waals surface area contributed by atoms with Crippen LogP contribution in [0, 0.1) is 0 Å². The first kappa shape index (κ1) is 22.6. The smallest absolute Gasteiger partial charge is 0.227 e. The number of para-hydroxylation sites is 1. The number of benzene rings is 6. The highest BCUT2D eigenvalue weighted by molar-refractivity contribution is 7.26. The fourth-order valence-electron chi connectivity index (χ4n) is 6.25. The number of thiophene rings is 1. The van der Waals surface area contributed by atoms with Crippen molar-refractivity contribution >= 4 is 59.3 Å². The summed E-state index contributed by atoms with van der Waals surface area (Å²) in [7, 11) is 0. The quantitative estimate of drug-likeness (QED) is 0.221. The Morgan fingerprint density at radius 3 is 2.22 bits per heavy atom. The van der Waals surface area contributed by atoms with Crippen LogP contribution in [0.1, 0.15) is 0 Å². The van der Waals surface area contributed by atoms with Gasteiger partial charge in [-0.3, -0.25) is 0 Å². The lowest BCUT2D eigenvalue weighted by molar-refractivity contribution is 0.590. The standard InChI is InChI=1S/C37H22N2OS/c1-3-11-23(12-4-1)37-38-35-28-17-9-13-24-21-26(22-29(33(24)28)36(35)40-37)39(25-14-5-2-6-15-25)30-18-10-20-32-34(30)27-16-7-8-19-31(27)41-32/h1-22H. The van der Waals surface area contributed by atoms with Crippen molar-refractivity contribution < 1.29 is 4.42 Å². The fraction of sp³-hybridized carbons (Fsp3) is 0. The number of anilines is 3. The molecule has 2 heterocycles. The molecule has 0 aliphatic heterocycles. The van der Waals surface area contributed by atoms with Gasteiger partial charge in [0.2, 0.25) is 5.89 Å². The average molecular weight is 543 g/mol. The van der Waals surface area contributed by atoms with E-state index in [2.05, 4.69) is 108 Å². The number of nitrogens with zero attached hydrogens (tertiary/aromatic N) is 2. The predicted molar refractivity (Wildman–Crippen MR) is 171 cm³/mol. The van der Waals surface area contributed by atoms with Crippen LogP contribution in [-0.4, -0.2) is 4.98 Å². The van der Waals surface area contributed by atoms with E-state index in [1.54, 1.807) is 0 Å². The van der Waals surface area contributed by atoms with Crippen LogP contribution in [-0.2, 0) is 0 Å². The molecule has 0 atom stereocenters. The molecule has 6 aromatic carbocycles. The molecule has 192 valence electrons. The first-order valence-corrected chi connectivity index (χ1v) is 14.5. The Balaban J connectivity index is 1.32. The number of hydrogen-bond acceptors (Lipinski definition) is 4. The van der Waals surface area contributed by atoms with E-state index >= 15 is 0 Å². The molecule has 0 fully saturated rings. The summed E-state index contributed by atoms with van der Waals surface area (Å²) in [6.45, 7) is 0. The van der Waals surface area contributed by atoms with Crippen molar-refractivity contribution in [3.05, 3.63) is 133 Å². The molecule has 2 aromatic heterocycles. The van der Waals surface area contributed by atoms with Gasteiger partial charge in [-0.05, 0) is 60.0 Å². The number of rotatable bonds is 4. The normalized spacial score (nSPS) is 11.9. The molecule has 0 amide bonds. The first-order chi connectivity index (χ1) is 20.3. The Bertz CT molecular complexity index is 2260. The van der Waals surface area contributed by atoms with Gasteiger partial charge in [0.1, 0.15) is 5.69 Å². The van der Waals surface area contributed by atoms with Gasteiger partial charge in [-0.15, -0.1) is 11.3 Å². The van der Waals surface area contributed by atoms with Gasteiger partial charge in [0.05, 0.1) is 5.69 Å². The topological polar surface area (TPSA) is 29.3 Å². The lowest BCUT2D eigenvalue weighted by Gasteiger charge is -2.27. The number of oxazole rings is 1. The monoisotopic (exact) mass is 542 g/mol. The molecule has 0 unspecified atom stereocenters. The number of aromatic nitrogens is 1. The van der Waals surface area contributed by atoms with E-state index < -0.39 is 0 Å². The molecule has 8 aromatic rings. The van der Waals surface area contributed by atoms with Gasteiger partial charge < -0.3 is 9.32 Å². The predicted octanol–water partition coefficient (Wildman–Crippen LogP) is 11.0. The zero-order valence-electron chi connectivity index (χ0n) is 21.9. The van der Waals surface area contributed by atoms with Crippen LogP contribution >= 0.6 is 11.3 Å². The summed E-state index contributed by atoms with van der Waals surface area (Å²) in [5.41, 5.74) is 7.47. The minimum atomic E-state index is 0.651. The van der Waals surface area contributed by atoms with Crippen LogP contribution in [0.5, 0.6) is 0 Å². The summed E-state index contributed by atoms with van der Waals surface area (Å²) in [5.74, 6) is 1.49. The molecule has 1 aliphatic carbocycles. The molecular weight excluding hydrogens is 520 g/mol. The van der Waals surface area contributed by atoms with Gasteiger partial charge in [0.25, 0.3) is 0 Å². The Hall–Kier alpha value is -5.19. The maximum atomic E-state index is 6.52. The van der Waals surface area contributed by atoms with Gasteiger partial charge >= 0.3 is 0 Å². The van der Waals surface area contributed by atoms with Gasteiger partial charge in [-0.2, -0.15) is 0 Å². The summed E-state index contributed by atoms with van der Waals surface area (Å²) >= 11 is 1.84. The maximum Gasteiger partial charge on any atom is 0.227 e. The Morgan fingerprint density at radius 2 is 1.34 bits per heavy atom. The largest absolute Gasteiger partial charge is 0.435 e. The molecule has 0 bridgehead atoms. The van der Waals surface area contributed by atoms with E-state index in [0.717, 1.165) is 45.2 Å². The molecule has 0 radical (unpaired) electrons. The third kappa shape index (κ3) is 3.35. The molecule has 0 N–H and O–H groups in total. The molecule has 1 aliphatic rings. The van der Waals surface area contributed by atoms with Crippen molar-refractivity contribution in [1.82, 2.24) is 4.98 Å². The van der Waals surface area contributed by atoms with Crippen molar-refractivity contribution in [2.24, 2.45) is 0 Å². The lowest BCUT2D eigenvalue weighted by Crippen LogP contribution is -2.10. The average Bonchev–Trinajstić information content (AvgIpc) is 3.71. The second-order valence-corrected chi connectivity index (χ2v) is 11.5. The highest BCUT2D eigenvalue weighted by Crippen LogP contribution is 2.52. The molecular formula is C37H22N2OS. The third-order valence-electron chi connectivity index (χ3n) is 8.00. The van der Waals surface area contributed by atoms with Crippen LogP contribution in [0.15, 0.2) is 138 Å². The second kappa shape index (κ2) is 8.65. The van der Waals surface area contributed by atoms with Gasteiger partial charge in [0.15, 0.2) is 5.76 Å². The summed E-state index contributed by atoms with van der Waals surface area (Å²) < 4.78 is 9.09. The van der Waals surface area contributed by atoms with E-state index in [-0.39, 0.29) is 0 Å². The molecule has 9 rings (SSSR count). The van der Waals surface area contributed by atoms with Crippen LogP contribution in [0.4, 0.5) is 17.1 Å². The van der Waals surface area contributed by atoms with E-state index in [1.165, 1.54) is 30.9 Å².